The highest BCUT2D eigenvalue weighted by Gasteiger charge is 2.13. The molecule has 2 aromatic rings. The summed E-state index contributed by atoms with van der Waals surface area (Å²) in [4.78, 5) is 34.7. The van der Waals surface area contributed by atoms with Crippen LogP contribution in [0.4, 0.5) is 5.69 Å². The maximum Gasteiger partial charge on any atom is 0.305 e. The summed E-state index contributed by atoms with van der Waals surface area (Å²) in [5.74, 6) is -0.480. The summed E-state index contributed by atoms with van der Waals surface area (Å²) in [7, 11) is 1.63. The van der Waals surface area contributed by atoms with Crippen LogP contribution >= 0.6 is 0 Å². The number of hydrogen-bond acceptors (Lipinski definition) is 4. The molecule has 0 aliphatic carbocycles. The SMILES string of the molecule is COc1ccccc1CC(C)CC(=O)Nc1ccc(C(=O)NCCC(=O)O)cc1. The van der Waals surface area contributed by atoms with E-state index in [1.54, 1.807) is 31.4 Å². The summed E-state index contributed by atoms with van der Waals surface area (Å²) in [6, 6.07) is 14.2. The van der Waals surface area contributed by atoms with E-state index in [0.717, 1.165) is 17.7 Å². The Morgan fingerprint density at radius 1 is 1.07 bits per heavy atom. The molecule has 154 valence electrons. The van der Waals surface area contributed by atoms with Gasteiger partial charge in [0.05, 0.1) is 13.5 Å². The minimum atomic E-state index is -0.969. The lowest BCUT2D eigenvalue weighted by atomic mass is 9.97. The van der Waals surface area contributed by atoms with Crippen molar-refractivity contribution >= 4 is 23.5 Å². The quantitative estimate of drug-likeness (QED) is 0.570. The lowest BCUT2D eigenvalue weighted by molar-refractivity contribution is -0.136. The number of nitrogens with one attached hydrogen (secondary N) is 2. The number of benzene rings is 2. The Kier molecular flexibility index (Phi) is 8.21. The number of rotatable bonds is 10. The fraction of sp³-hybridized carbons (Fsp3) is 0.318. The summed E-state index contributed by atoms with van der Waals surface area (Å²) in [6.45, 7) is 2.08. The monoisotopic (exact) mass is 398 g/mol. The molecule has 1 unspecified atom stereocenters. The van der Waals surface area contributed by atoms with Crippen LogP contribution in [0, 0.1) is 5.92 Å². The van der Waals surface area contributed by atoms with E-state index >= 15 is 0 Å². The number of para-hydroxylation sites is 1. The Balaban J connectivity index is 1.84. The highest BCUT2D eigenvalue weighted by atomic mass is 16.5. The Hall–Kier alpha value is -3.35. The standard InChI is InChI=1S/C22H26N2O5/c1-15(13-17-5-3-4-6-19(17)29-2)14-20(25)24-18-9-7-16(8-10-18)22(28)23-12-11-21(26)27/h3-10,15H,11-14H2,1-2H3,(H,23,28)(H,24,25)(H,26,27). The number of carbonyl (C=O) groups excluding carboxylic acids is 2. The van der Waals surface area contributed by atoms with Gasteiger partial charge < -0.3 is 20.5 Å². The lowest BCUT2D eigenvalue weighted by Gasteiger charge is -2.14. The van der Waals surface area contributed by atoms with Gasteiger partial charge in [-0.15, -0.1) is 0 Å². The van der Waals surface area contributed by atoms with Crippen LogP contribution in [0.2, 0.25) is 0 Å². The van der Waals surface area contributed by atoms with Crippen LogP contribution in [0.15, 0.2) is 48.5 Å². The number of ether oxygens (including phenoxy) is 1. The molecular weight excluding hydrogens is 372 g/mol. The van der Waals surface area contributed by atoms with E-state index in [0.29, 0.717) is 17.7 Å². The summed E-state index contributed by atoms with van der Waals surface area (Å²) in [5, 5.41) is 14.0. The summed E-state index contributed by atoms with van der Waals surface area (Å²) in [5.41, 5.74) is 2.06. The molecule has 7 heteroatoms. The molecule has 0 aliphatic heterocycles. The highest BCUT2D eigenvalue weighted by Crippen LogP contribution is 2.22. The van der Waals surface area contributed by atoms with Crippen molar-refractivity contribution in [2.45, 2.75) is 26.2 Å². The first-order chi connectivity index (χ1) is 13.9. The molecule has 0 aromatic heterocycles. The third kappa shape index (κ3) is 7.29. The van der Waals surface area contributed by atoms with Crippen LogP contribution in [0.5, 0.6) is 5.75 Å². The number of hydrogen-bond donors (Lipinski definition) is 3. The number of carboxylic acids is 1. The highest BCUT2D eigenvalue weighted by molar-refractivity contribution is 5.96. The van der Waals surface area contributed by atoms with Crippen molar-refractivity contribution in [2.24, 2.45) is 5.92 Å². The number of amides is 2. The first kappa shape index (κ1) is 21.9. The van der Waals surface area contributed by atoms with Gasteiger partial charge in [0.2, 0.25) is 5.91 Å². The largest absolute Gasteiger partial charge is 0.496 e. The number of carboxylic acid groups (broad SMARTS) is 1. The summed E-state index contributed by atoms with van der Waals surface area (Å²) < 4.78 is 5.35. The van der Waals surface area contributed by atoms with Crippen molar-refractivity contribution in [2.75, 3.05) is 19.0 Å². The number of methoxy groups -OCH3 is 1. The van der Waals surface area contributed by atoms with Crippen LogP contribution < -0.4 is 15.4 Å². The molecule has 3 N–H and O–H groups in total. The molecule has 29 heavy (non-hydrogen) atoms. The molecule has 0 bridgehead atoms. The first-order valence-corrected chi connectivity index (χ1v) is 9.41. The average molecular weight is 398 g/mol. The Bertz CT molecular complexity index is 849. The van der Waals surface area contributed by atoms with Gasteiger partial charge in [0.15, 0.2) is 0 Å². The van der Waals surface area contributed by atoms with Crippen molar-refractivity contribution in [3.8, 4) is 5.75 Å². The summed E-state index contributed by atoms with van der Waals surface area (Å²) in [6.07, 6.45) is 0.954. The van der Waals surface area contributed by atoms with Crippen LogP contribution in [0.1, 0.15) is 35.7 Å². The molecule has 0 aliphatic rings. The molecule has 0 fully saturated rings. The van der Waals surface area contributed by atoms with Crippen molar-refractivity contribution < 1.29 is 24.2 Å². The van der Waals surface area contributed by atoms with Gasteiger partial charge in [-0.2, -0.15) is 0 Å². The molecule has 2 rings (SSSR count). The van der Waals surface area contributed by atoms with E-state index in [1.807, 2.05) is 31.2 Å². The maximum atomic E-state index is 12.3. The van der Waals surface area contributed by atoms with Gasteiger partial charge in [-0.05, 0) is 48.2 Å². The second kappa shape index (κ2) is 10.8. The van der Waals surface area contributed by atoms with E-state index in [1.165, 1.54) is 0 Å². The molecule has 2 amide bonds. The zero-order chi connectivity index (χ0) is 21.2. The number of aliphatic carboxylic acids is 1. The smallest absolute Gasteiger partial charge is 0.305 e. The van der Waals surface area contributed by atoms with Gasteiger partial charge >= 0.3 is 5.97 Å². The van der Waals surface area contributed by atoms with Crippen molar-refractivity contribution in [3.63, 3.8) is 0 Å². The molecular formula is C22H26N2O5. The normalized spacial score (nSPS) is 11.4. The molecule has 0 spiro atoms. The minimum absolute atomic E-state index is 0.0662. The molecule has 1 atom stereocenters. The van der Waals surface area contributed by atoms with Crippen LogP contribution in [-0.4, -0.2) is 36.5 Å². The van der Waals surface area contributed by atoms with Gasteiger partial charge in [-0.1, -0.05) is 25.1 Å². The van der Waals surface area contributed by atoms with Gasteiger partial charge in [-0.3, -0.25) is 14.4 Å². The van der Waals surface area contributed by atoms with E-state index in [4.69, 9.17) is 9.84 Å². The molecule has 2 aromatic carbocycles. The minimum Gasteiger partial charge on any atom is -0.496 e. The molecule has 0 saturated carbocycles. The predicted molar refractivity (Wildman–Crippen MR) is 110 cm³/mol. The van der Waals surface area contributed by atoms with E-state index in [9.17, 15) is 14.4 Å². The maximum absolute atomic E-state index is 12.3. The van der Waals surface area contributed by atoms with E-state index in [-0.39, 0.29) is 30.7 Å². The Morgan fingerprint density at radius 2 is 1.76 bits per heavy atom. The van der Waals surface area contributed by atoms with Crippen LogP contribution in [0.3, 0.4) is 0 Å². The third-order valence-corrected chi connectivity index (χ3v) is 4.35. The molecule has 7 nitrogen and oxygen atoms in total. The molecule has 0 heterocycles. The number of carbonyl (C=O) groups is 3. The Morgan fingerprint density at radius 3 is 2.41 bits per heavy atom. The van der Waals surface area contributed by atoms with Gasteiger partial charge in [0, 0.05) is 24.2 Å². The fourth-order valence-electron chi connectivity index (χ4n) is 2.94. The number of anilines is 1. The topological polar surface area (TPSA) is 105 Å². The van der Waals surface area contributed by atoms with Gasteiger partial charge in [0.25, 0.3) is 5.91 Å². The van der Waals surface area contributed by atoms with E-state index < -0.39 is 5.97 Å². The van der Waals surface area contributed by atoms with E-state index in [2.05, 4.69) is 10.6 Å². The second-order valence-corrected chi connectivity index (χ2v) is 6.85. The molecule has 0 radical (unpaired) electrons. The van der Waals surface area contributed by atoms with Crippen LogP contribution in [0.25, 0.3) is 0 Å². The zero-order valence-corrected chi connectivity index (χ0v) is 16.6. The predicted octanol–water partition coefficient (Wildman–Crippen LogP) is 3.11. The van der Waals surface area contributed by atoms with Crippen molar-refractivity contribution in [1.29, 1.82) is 0 Å². The lowest BCUT2D eigenvalue weighted by Crippen LogP contribution is -2.26. The van der Waals surface area contributed by atoms with Gasteiger partial charge in [0.1, 0.15) is 5.75 Å². The summed E-state index contributed by atoms with van der Waals surface area (Å²) >= 11 is 0. The van der Waals surface area contributed by atoms with Crippen LogP contribution in [-0.2, 0) is 16.0 Å². The Labute approximate surface area is 170 Å². The fourth-order valence-corrected chi connectivity index (χ4v) is 2.94. The average Bonchev–Trinajstić information content (AvgIpc) is 2.68. The zero-order valence-electron chi connectivity index (χ0n) is 16.6. The second-order valence-electron chi connectivity index (χ2n) is 6.85. The first-order valence-electron chi connectivity index (χ1n) is 9.41. The van der Waals surface area contributed by atoms with Gasteiger partial charge in [-0.25, -0.2) is 0 Å². The van der Waals surface area contributed by atoms with Crippen molar-refractivity contribution in [1.82, 2.24) is 5.32 Å². The third-order valence-electron chi connectivity index (χ3n) is 4.35. The molecule has 0 saturated heterocycles. The van der Waals surface area contributed by atoms with Crippen molar-refractivity contribution in [3.05, 3.63) is 59.7 Å².